The monoisotopic (exact) mass is 262 g/mol. The first kappa shape index (κ1) is 13.5. The highest BCUT2D eigenvalue weighted by Gasteiger charge is 2.19. The first-order chi connectivity index (χ1) is 8.58. The third-order valence-corrected chi connectivity index (χ3v) is 4.23. The molecule has 3 heteroatoms. The van der Waals surface area contributed by atoms with Gasteiger partial charge in [0.15, 0.2) is 0 Å². The first-order valence-electron chi connectivity index (χ1n) is 6.67. The van der Waals surface area contributed by atoms with Gasteiger partial charge in [-0.2, -0.15) is 0 Å². The second-order valence-corrected chi connectivity index (χ2v) is 5.80. The SMILES string of the molecule is Cc1cc(C(N)=S)ccc1CN(C)C1CCCC1. The van der Waals surface area contributed by atoms with Crippen molar-refractivity contribution in [2.24, 2.45) is 5.73 Å². The molecular weight excluding hydrogens is 240 g/mol. The Hall–Kier alpha value is -0.930. The van der Waals surface area contributed by atoms with Crippen molar-refractivity contribution in [3.8, 4) is 0 Å². The van der Waals surface area contributed by atoms with E-state index in [0.717, 1.165) is 18.2 Å². The van der Waals surface area contributed by atoms with E-state index in [1.165, 1.54) is 36.8 Å². The molecule has 1 aromatic rings. The molecule has 1 aliphatic carbocycles. The van der Waals surface area contributed by atoms with Gasteiger partial charge >= 0.3 is 0 Å². The normalized spacial score (nSPS) is 16.4. The van der Waals surface area contributed by atoms with Crippen LogP contribution in [0.15, 0.2) is 18.2 Å². The van der Waals surface area contributed by atoms with E-state index in [1.54, 1.807) is 0 Å². The van der Waals surface area contributed by atoms with E-state index < -0.39 is 0 Å². The highest BCUT2D eigenvalue weighted by molar-refractivity contribution is 7.80. The van der Waals surface area contributed by atoms with Gasteiger partial charge in [0.1, 0.15) is 4.99 Å². The average molecular weight is 262 g/mol. The summed E-state index contributed by atoms with van der Waals surface area (Å²) in [7, 11) is 2.23. The van der Waals surface area contributed by atoms with Gasteiger partial charge in [-0.05, 0) is 44.0 Å². The Bertz CT molecular complexity index is 436. The Morgan fingerprint density at radius 2 is 2.06 bits per heavy atom. The summed E-state index contributed by atoms with van der Waals surface area (Å²) in [5.74, 6) is 0. The molecule has 0 saturated heterocycles. The summed E-state index contributed by atoms with van der Waals surface area (Å²) in [6.45, 7) is 3.16. The van der Waals surface area contributed by atoms with Crippen molar-refractivity contribution in [3.05, 3.63) is 34.9 Å². The lowest BCUT2D eigenvalue weighted by Gasteiger charge is -2.25. The van der Waals surface area contributed by atoms with Gasteiger partial charge in [0.25, 0.3) is 0 Å². The molecular formula is C15H22N2S. The summed E-state index contributed by atoms with van der Waals surface area (Å²) < 4.78 is 0. The molecule has 2 rings (SSSR count). The molecule has 0 atom stereocenters. The van der Waals surface area contributed by atoms with E-state index >= 15 is 0 Å². The van der Waals surface area contributed by atoms with Crippen LogP contribution in [0.4, 0.5) is 0 Å². The fourth-order valence-electron chi connectivity index (χ4n) is 2.77. The number of rotatable bonds is 4. The molecule has 98 valence electrons. The van der Waals surface area contributed by atoms with Crippen molar-refractivity contribution in [1.29, 1.82) is 0 Å². The van der Waals surface area contributed by atoms with Crippen molar-refractivity contribution in [3.63, 3.8) is 0 Å². The third-order valence-electron chi connectivity index (χ3n) is 3.99. The molecule has 1 aliphatic rings. The average Bonchev–Trinajstić information content (AvgIpc) is 2.85. The maximum atomic E-state index is 5.65. The van der Waals surface area contributed by atoms with E-state index in [9.17, 15) is 0 Å². The Kier molecular flexibility index (Phi) is 4.36. The summed E-state index contributed by atoms with van der Waals surface area (Å²) in [6.07, 6.45) is 5.46. The zero-order valence-corrected chi connectivity index (χ0v) is 12.1. The van der Waals surface area contributed by atoms with E-state index in [0.29, 0.717) is 4.99 Å². The molecule has 0 unspecified atom stereocenters. The Morgan fingerprint density at radius 1 is 1.39 bits per heavy atom. The lowest BCUT2D eigenvalue weighted by molar-refractivity contribution is 0.237. The number of hydrogen-bond acceptors (Lipinski definition) is 2. The maximum Gasteiger partial charge on any atom is 0.103 e. The van der Waals surface area contributed by atoms with Gasteiger partial charge in [0.2, 0.25) is 0 Å². The zero-order valence-electron chi connectivity index (χ0n) is 11.3. The van der Waals surface area contributed by atoms with Gasteiger partial charge in [0.05, 0.1) is 0 Å². The van der Waals surface area contributed by atoms with Gasteiger partial charge in [-0.1, -0.05) is 37.2 Å². The number of nitrogens with zero attached hydrogens (tertiary/aromatic N) is 1. The fraction of sp³-hybridized carbons (Fsp3) is 0.533. The van der Waals surface area contributed by atoms with Gasteiger partial charge in [0, 0.05) is 18.2 Å². The maximum absolute atomic E-state index is 5.65. The Morgan fingerprint density at radius 3 is 2.61 bits per heavy atom. The predicted molar refractivity (Wildman–Crippen MR) is 80.8 cm³/mol. The summed E-state index contributed by atoms with van der Waals surface area (Å²) in [4.78, 5) is 2.96. The zero-order chi connectivity index (χ0) is 13.1. The minimum Gasteiger partial charge on any atom is -0.389 e. The van der Waals surface area contributed by atoms with E-state index in [-0.39, 0.29) is 0 Å². The second-order valence-electron chi connectivity index (χ2n) is 5.36. The van der Waals surface area contributed by atoms with Crippen LogP contribution in [-0.2, 0) is 6.54 Å². The fourth-order valence-corrected chi connectivity index (χ4v) is 2.90. The quantitative estimate of drug-likeness (QED) is 0.846. The highest BCUT2D eigenvalue weighted by atomic mass is 32.1. The molecule has 0 amide bonds. The van der Waals surface area contributed by atoms with Gasteiger partial charge in [-0.25, -0.2) is 0 Å². The van der Waals surface area contributed by atoms with Crippen LogP contribution in [0.5, 0.6) is 0 Å². The van der Waals surface area contributed by atoms with E-state index in [2.05, 4.69) is 31.0 Å². The number of benzene rings is 1. The molecule has 0 radical (unpaired) electrons. The molecule has 1 saturated carbocycles. The van der Waals surface area contributed by atoms with Crippen LogP contribution in [0.3, 0.4) is 0 Å². The molecule has 0 aliphatic heterocycles. The second kappa shape index (κ2) is 5.81. The van der Waals surface area contributed by atoms with Crippen LogP contribution in [0.25, 0.3) is 0 Å². The van der Waals surface area contributed by atoms with Gasteiger partial charge in [-0.3, -0.25) is 4.90 Å². The summed E-state index contributed by atoms with van der Waals surface area (Å²) >= 11 is 5.01. The first-order valence-corrected chi connectivity index (χ1v) is 7.08. The van der Waals surface area contributed by atoms with Crippen LogP contribution in [-0.4, -0.2) is 23.0 Å². The van der Waals surface area contributed by atoms with Crippen LogP contribution in [0.1, 0.15) is 42.4 Å². The van der Waals surface area contributed by atoms with Gasteiger partial charge in [-0.15, -0.1) is 0 Å². The van der Waals surface area contributed by atoms with Crippen molar-refractivity contribution in [2.75, 3.05) is 7.05 Å². The van der Waals surface area contributed by atoms with Crippen molar-refractivity contribution in [2.45, 2.75) is 45.2 Å². The molecule has 0 bridgehead atoms. The third kappa shape index (κ3) is 3.09. The lowest BCUT2D eigenvalue weighted by Crippen LogP contribution is -2.28. The number of nitrogens with two attached hydrogens (primary N) is 1. The molecule has 0 heterocycles. The molecule has 18 heavy (non-hydrogen) atoms. The Labute approximate surface area is 115 Å². The summed E-state index contributed by atoms with van der Waals surface area (Å²) in [5.41, 5.74) is 9.28. The molecule has 1 aromatic carbocycles. The Balaban J connectivity index is 2.06. The molecule has 2 N–H and O–H groups in total. The molecule has 0 spiro atoms. The number of thiocarbonyl (C=S) groups is 1. The van der Waals surface area contributed by atoms with Gasteiger partial charge < -0.3 is 5.73 Å². The minimum atomic E-state index is 0.480. The lowest BCUT2D eigenvalue weighted by atomic mass is 10.0. The number of aryl methyl sites for hydroxylation is 1. The molecule has 2 nitrogen and oxygen atoms in total. The van der Waals surface area contributed by atoms with Crippen LogP contribution < -0.4 is 5.73 Å². The van der Waals surface area contributed by atoms with Crippen molar-refractivity contribution < 1.29 is 0 Å². The molecule has 1 fully saturated rings. The minimum absolute atomic E-state index is 0.480. The smallest absolute Gasteiger partial charge is 0.103 e. The van der Waals surface area contributed by atoms with Crippen LogP contribution >= 0.6 is 12.2 Å². The largest absolute Gasteiger partial charge is 0.389 e. The van der Waals surface area contributed by atoms with Crippen molar-refractivity contribution >= 4 is 17.2 Å². The number of hydrogen-bond donors (Lipinski definition) is 1. The van der Waals surface area contributed by atoms with Crippen LogP contribution in [0, 0.1) is 6.92 Å². The van der Waals surface area contributed by atoms with Crippen molar-refractivity contribution in [1.82, 2.24) is 4.90 Å². The van der Waals surface area contributed by atoms with E-state index in [4.69, 9.17) is 18.0 Å². The van der Waals surface area contributed by atoms with Crippen LogP contribution in [0.2, 0.25) is 0 Å². The molecule has 0 aromatic heterocycles. The summed E-state index contributed by atoms with van der Waals surface area (Å²) in [6, 6.07) is 7.06. The topological polar surface area (TPSA) is 29.3 Å². The highest BCUT2D eigenvalue weighted by Crippen LogP contribution is 2.24. The standard InChI is InChI=1S/C15H22N2S/c1-11-9-12(15(16)18)7-8-13(11)10-17(2)14-5-3-4-6-14/h7-9,14H,3-6,10H2,1-2H3,(H2,16,18). The van der Waals surface area contributed by atoms with E-state index in [1.807, 2.05) is 6.07 Å². The predicted octanol–water partition coefficient (Wildman–Crippen LogP) is 3.00. The summed E-state index contributed by atoms with van der Waals surface area (Å²) in [5, 5.41) is 0.